The molecule has 0 amide bonds. The van der Waals surface area contributed by atoms with Crippen molar-refractivity contribution in [2.45, 2.75) is 43.0 Å². The maximum absolute atomic E-state index is 12.3. The second kappa shape index (κ2) is 5.50. The zero-order valence-electron chi connectivity index (χ0n) is 10.2. The van der Waals surface area contributed by atoms with Crippen LogP contribution in [0.15, 0.2) is 17.3 Å². The summed E-state index contributed by atoms with van der Waals surface area (Å²) in [5.74, 6) is 0. The second-order valence-electron chi connectivity index (χ2n) is 4.50. The van der Waals surface area contributed by atoms with E-state index in [-0.39, 0.29) is 16.2 Å². The zero-order valence-corrected chi connectivity index (χ0v) is 11.8. The normalized spacial score (nSPS) is 18.2. The average Bonchev–Trinajstić information content (AvgIpc) is 2.39. The molecule has 0 aliphatic heterocycles. The Morgan fingerprint density at radius 2 is 1.78 bits per heavy atom. The topological polar surface area (TPSA) is 63.2 Å². The van der Waals surface area contributed by atoms with Crippen molar-refractivity contribution in [3.63, 3.8) is 0 Å². The Morgan fingerprint density at radius 3 is 2.33 bits per heavy atom. The molecule has 1 aliphatic rings. The molecular weight excluding hydrogens is 274 g/mol. The predicted molar refractivity (Wildman–Crippen MR) is 68.9 cm³/mol. The van der Waals surface area contributed by atoms with Gasteiger partial charge < -0.3 is 0 Å². The van der Waals surface area contributed by atoms with E-state index in [1.165, 1.54) is 23.1 Å². The summed E-state index contributed by atoms with van der Waals surface area (Å²) in [6, 6.07) is 0.0828. The predicted octanol–water partition coefficient (Wildman–Crippen LogP) is 2.08. The number of halogens is 1. The van der Waals surface area contributed by atoms with Crippen LogP contribution >= 0.6 is 11.6 Å². The van der Waals surface area contributed by atoms with Gasteiger partial charge in [0.25, 0.3) is 0 Å². The van der Waals surface area contributed by atoms with Gasteiger partial charge in [-0.15, -0.1) is 0 Å². The van der Waals surface area contributed by atoms with Gasteiger partial charge in [0, 0.05) is 13.1 Å². The Bertz CT molecular complexity index is 498. The van der Waals surface area contributed by atoms with Crippen LogP contribution in [0.2, 0.25) is 5.28 Å². The smallest absolute Gasteiger partial charge is 0.225 e. The van der Waals surface area contributed by atoms with Gasteiger partial charge in [0.15, 0.2) is 0 Å². The van der Waals surface area contributed by atoms with Crippen LogP contribution in [0, 0.1) is 0 Å². The first-order chi connectivity index (χ1) is 8.51. The highest BCUT2D eigenvalue weighted by atomic mass is 35.5. The Morgan fingerprint density at radius 1 is 1.22 bits per heavy atom. The molecule has 0 bridgehead atoms. The van der Waals surface area contributed by atoms with Crippen molar-refractivity contribution in [1.82, 2.24) is 14.3 Å². The fourth-order valence-corrected chi connectivity index (χ4v) is 3.65. The van der Waals surface area contributed by atoms with Crippen LogP contribution in [-0.4, -0.2) is 35.8 Å². The van der Waals surface area contributed by atoms with Gasteiger partial charge in [-0.1, -0.05) is 19.3 Å². The van der Waals surface area contributed by atoms with Crippen molar-refractivity contribution in [2.24, 2.45) is 0 Å². The average molecular weight is 290 g/mol. The van der Waals surface area contributed by atoms with Crippen LogP contribution in [0.4, 0.5) is 0 Å². The van der Waals surface area contributed by atoms with Crippen LogP contribution in [-0.2, 0) is 10.0 Å². The third kappa shape index (κ3) is 2.81. The third-order valence-electron chi connectivity index (χ3n) is 3.36. The number of hydrogen-bond acceptors (Lipinski definition) is 4. The van der Waals surface area contributed by atoms with E-state index in [0.717, 1.165) is 25.7 Å². The minimum Gasteiger partial charge on any atom is -0.225 e. The van der Waals surface area contributed by atoms with Crippen molar-refractivity contribution >= 4 is 21.6 Å². The van der Waals surface area contributed by atoms with Crippen LogP contribution in [0.25, 0.3) is 0 Å². The van der Waals surface area contributed by atoms with E-state index in [0.29, 0.717) is 0 Å². The first-order valence-electron chi connectivity index (χ1n) is 5.97. The molecule has 1 aromatic heterocycles. The summed E-state index contributed by atoms with van der Waals surface area (Å²) < 4.78 is 26.1. The van der Waals surface area contributed by atoms with Gasteiger partial charge in [0.05, 0.1) is 12.4 Å². The minimum absolute atomic E-state index is 0.0502. The Hall–Kier alpha value is -0.720. The summed E-state index contributed by atoms with van der Waals surface area (Å²) in [5.41, 5.74) is 0. The number of nitrogens with zero attached hydrogens (tertiary/aromatic N) is 3. The zero-order chi connectivity index (χ0) is 13.2. The van der Waals surface area contributed by atoms with Crippen LogP contribution in [0.3, 0.4) is 0 Å². The van der Waals surface area contributed by atoms with E-state index >= 15 is 0 Å². The number of hydrogen-bond donors (Lipinski definition) is 0. The van der Waals surface area contributed by atoms with Gasteiger partial charge in [0.2, 0.25) is 15.3 Å². The van der Waals surface area contributed by atoms with Crippen molar-refractivity contribution in [3.8, 4) is 0 Å². The standard InChI is InChI=1S/C11H16ClN3O2S/c1-15(9-5-3-2-4-6-9)18(16,17)10-7-13-11(12)14-8-10/h7-9H,2-6H2,1H3. The first kappa shape index (κ1) is 13.7. The largest absolute Gasteiger partial charge is 0.246 e. The highest BCUT2D eigenvalue weighted by Gasteiger charge is 2.29. The van der Waals surface area contributed by atoms with Crippen LogP contribution < -0.4 is 0 Å². The molecule has 1 heterocycles. The highest BCUT2D eigenvalue weighted by Crippen LogP contribution is 2.25. The Labute approximate surface area is 112 Å². The lowest BCUT2D eigenvalue weighted by Crippen LogP contribution is -2.38. The molecule has 5 nitrogen and oxygen atoms in total. The first-order valence-corrected chi connectivity index (χ1v) is 7.79. The summed E-state index contributed by atoms with van der Waals surface area (Å²) in [4.78, 5) is 7.54. The molecule has 0 saturated heterocycles. The van der Waals surface area contributed by atoms with E-state index in [9.17, 15) is 8.42 Å². The van der Waals surface area contributed by atoms with Gasteiger partial charge in [-0.25, -0.2) is 18.4 Å². The van der Waals surface area contributed by atoms with Crippen molar-refractivity contribution in [3.05, 3.63) is 17.7 Å². The summed E-state index contributed by atoms with van der Waals surface area (Å²) in [6.45, 7) is 0. The maximum Gasteiger partial charge on any atom is 0.246 e. The molecule has 0 unspecified atom stereocenters. The molecule has 0 aromatic carbocycles. The molecule has 18 heavy (non-hydrogen) atoms. The van der Waals surface area contributed by atoms with Gasteiger partial charge in [-0.3, -0.25) is 0 Å². The van der Waals surface area contributed by atoms with E-state index in [1.54, 1.807) is 7.05 Å². The summed E-state index contributed by atoms with van der Waals surface area (Å²) in [6.07, 6.45) is 7.71. The molecule has 1 fully saturated rings. The molecule has 0 spiro atoms. The number of rotatable bonds is 3. The SMILES string of the molecule is CN(C1CCCCC1)S(=O)(=O)c1cnc(Cl)nc1. The number of aromatic nitrogens is 2. The molecule has 2 rings (SSSR count). The van der Waals surface area contributed by atoms with Gasteiger partial charge in [0.1, 0.15) is 4.90 Å². The van der Waals surface area contributed by atoms with E-state index in [4.69, 9.17) is 11.6 Å². The molecule has 1 saturated carbocycles. The van der Waals surface area contributed by atoms with E-state index < -0.39 is 10.0 Å². The molecular formula is C11H16ClN3O2S. The molecule has 100 valence electrons. The molecule has 0 radical (unpaired) electrons. The third-order valence-corrected chi connectivity index (χ3v) is 5.42. The van der Waals surface area contributed by atoms with Crippen LogP contribution in [0.1, 0.15) is 32.1 Å². The van der Waals surface area contributed by atoms with Gasteiger partial charge in [-0.05, 0) is 24.4 Å². The quantitative estimate of drug-likeness (QED) is 0.799. The lowest BCUT2D eigenvalue weighted by molar-refractivity contribution is 0.285. The molecule has 0 atom stereocenters. The van der Waals surface area contributed by atoms with Crippen LogP contribution in [0.5, 0.6) is 0 Å². The molecule has 0 N–H and O–H groups in total. The Kier molecular flexibility index (Phi) is 4.19. The highest BCUT2D eigenvalue weighted by molar-refractivity contribution is 7.89. The second-order valence-corrected chi connectivity index (χ2v) is 6.84. The summed E-state index contributed by atoms with van der Waals surface area (Å²) in [7, 11) is -1.88. The van der Waals surface area contributed by atoms with Crippen molar-refractivity contribution in [2.75, 3.05) is 7.05 Å². The number of sulfonamides is 1. The van der Waals surface area contributed by atoms with E-state index in [2.05, 4.69) is 9.97 Å². The minimum atomic E-state index is -3.51. The lowest BCUT2D eigenvalue weighted by atomic mass is 9.96. The lowest BCUT2D eigenvalue weighted by Gasteiger charge is -2.30. The fraction of sp³-hybridized carbons (Fsp3) is 0.636. The van der Waals surface area contributed by atoms with E-state index in [1.807, 2.05) is 0 Å². The molecule has 7 heteroatoms. The molecule has 1 aliphatic carbocycles. The van der Waals surface area contributed by atoms with Gasteiger partial charge >= 0.3 is 0 Å². The maximum atomic E-state index is 12.3. The fourth-order valence-electron chi connectivity index (χ4n) is 2.24. The molecule has 1 aromatic rings. The Balaban J connectivity index is 2.21. The van der Waals surface area contributed by atoms with Crippen molar-refractivity contribution in [1.29, 1.82) is 0 Å². The van der Waals surface area contributed by atoms with Crippen molar-refractivity contribution < 1.29 is 8.42 Å². The van der Waals surface area contributed by atoms with Gasteiger partial charge in [-0.2, -0.15) is 4.31 Å². The summed E-state index contributed by atoms with van der Waals surface area (Å²) in [5, 5.41) is 0.0502. The monoisotopic (exact) mass is 289 g/mol. The summed E-state index contributed by atoms with van der Waals surface area (Å²) >= 11 is 5.56.